The molecular formula is C26H24ClN5O. The quantitative estimate of drug-likeness (QED) is 0.310. The third kappa shape index (κ3) is 4.76. The minimum absolute atomic E-state index is 0.288. The Balaban J connectivity index is 1.22. The number of aliphatic imine (C=N–C) groups is 1. The van der Waals surface area contributed by atoms with E-state index < -0.39 is 0 Å². The molecule has 1 aliphatic rings. The van der Waals surface area contributed by atoms with Crippen LogP contribution < -0.4 is 11.1 Å². The van der Waals surface area contributed by atoms with Crippen molar-refractivity contribution >= 4 is 40.1 Å². The van der Waals surface area contributed by atoms with Gasteiger partial charge in [0.15, 0.2) is 0 Å². The van der Waals surface area contributed by atoms with Crippen molar-refractivity contribution in [3.8, 4) is 0 Å². The Labute approximate surface area is 196 Å². The first-order chi connectivity index (χ1) is 16.1. The largest absolute Gasteiger partial charge is 0.404 e. The molecule has 166 valence electrons. The molecule has 2 heterocycles. The minimum atomic E-state index is -0.288. The molecule has 0 unspecified atom stereocenters. The molecule has 33 heavy (non-hydrogen) atoms. The number of halogens is 1. The first kappa shape index (κ1) is 21.2. The van der Waals surface area contributed by atoms with Crippen molar-refractivity contribution in [1.29, 1.82) is 0 Å². The van der Waals surface area contributed by atoms with E-state index in [2.05, 4.69) is 27.6 Å². The number of fused-ring (bicyclic) bond motifs is 2. The number of hydrogen-bond acceptors (Lipinski definition) is 4. The second-order valence-electron chi connectivity index (χ2n) is 8.29. The molecule has 0 bridgehead atoms. The van der Waals surface area contributed by atoms with E-state index in [4.69, 9.17) is 17.3 Å². The number of benzene rings is 2. The fraction of sp³-hybridized carbons (Fsp3) is 0.192. The molecular weight excluding hydrogens is 434 g/mol. The van der Waals surface area contributed by atoms with Crippen LogP contribution in [0.1, 0.15) is 35.6 Å². The summed E-state index contributed by atoms with van der Waals surface area (Å²) in [6.45, 7) is 0.727. The van der Waals surface area contributed by atoms with Crippen molar-refractivity contribution in [2.45, 2.75) is 31.8 Å². The van der Waals surface area contributed by atoms with Gasteiger partial charge in [-0.2, -0.15) is 0 Å². The first-order valence-electron chi connectivity index (χ1n) is 11.0. The number of amides is 1. The number of rotatable bonds is 7. The average Bonchev–Trinajstić information content (AvgIpc) is 3.59. The van der Waals surface area contributed by atoms with Crippen LogP contribution in [0.15, 0.2) is 77.7 Å². The van der Waals surface area contributed by atoms with Crippen molar-refractivity contribution in [3.63, 3.8) is 0 Å². The first-order valence-corrected chi connectivity index (χ1v) is 11.3. The number of nitrogens with two attached hydrogens (primary N) is 1. The molecule has 0 atom stereocenters. The number of aromatic nitrogens is 2. The summed E-state index contributed by atoms with van der Waals surface area (Å²) in [5, 5.41) is 5.65. The Morgan fingerprint density at radius 1 is 1.21 bits per heavy atom. The van der Waals surface area contributed by atoms with Gasteiger partial charge in [-0.15, -0.1) is 0 Å². The minimum Gasteiger partial charge on any atom is -0.404 e. The van der Waals surface area contributed by atoms with Crippen LogP contribution in [0.5, 0.6) is 0 Å². The van der Waals surface area contributed by atoms with Crippen molar-refractivity contribution in [1.82, 2.24) is 14.7 Å². The maximum absolute atomic E-state index is 12.6. The Hall–Kier alpha value is -3.64. The summed E-state index contributed by atoms with van der Waals surface area (Å²) in [6.07, 6.45) is 9.42. The van der Waals surface area contributed by atoms with Crippen molar-refractivity contribution in [2.75, 3.05) is 0 Å². The molecule has 6 nitrogen and oxygen atoms in total. The van der Waals surface area contributed by atoms with Crippen LogP contribution in [-0.4, -0.2) is 21.5 Å². The van der Waals surface area contributed by atoms with E-state index >= 15 is 0 Å². The fourth-order valence-corrected chi connectivity index (χ4v) is 4.12. The predicted molar refractivity (Wildman–Crippen MR) is 132 cm³/mol. The summed E-state index contributed by atoms with van der Waals surface area (Å²) < 4.78 is 2.04. The van der Waals surface area contributed by atoms with Crippen molar-refractivity contribution in [3.05, 3.63) is 94.5 Å². The molecule has 1 fully saturated rings. The van der Waals surface area contributed by atoms with Gasteiger partial charge < -0.3 is 15.5 Å². The van der Waals surface area contributed by atoms with Crippen LogP contribution in [0.25, 0.3) is 16.4 Å². The molecule has 0 saturated heterocycles. The van der Waals surface area contributed by atoms with E-state index in [0.717, 1.165) is 27.7 Å². The number of imidazole rings is 1. The van der Waals surface area contributed by atoms with E-state index in [1.807, 2.05) is 53.1 Å². The van der Waals surface area contributed by atoms with Crippen LogP contribution in [0.4, 0.5) is 0 Å². The number of nitrogens with zero attached hydrogens (tertiary/aromatic N) is 3. The van der Waals surface area contributed by atoms with E-state index in [9.17, 15) is 4.79 Å². The number of nitrogens with one attached hydrogen (secondary N) is 1. The summed E-state index contributed by atoms with van der Waals surface area (Å²) in [4.78, 5) is 21.6. The molecule has 0 spiro atoms. The van der Waals surface area contributed by atoms with Gasteiger partial charge in [-0.1, -0.05) is 41.9 Å². The van der Waals surface area contributed by atoms with Crippen LogP contribution in [0, 0.1) is 0 Å². The van der Waals surface area contributed by atoms with E-state index in [0.29, 0.717) is 29.6 Å². The number of carbonyl (C=O) groups is 1. The van der Waals surface area contributed by atoms with E-state index in [1.54, 1.807) is 0 Å². The Kier molecular flexibility index (Phi) is 5.84. The normalized spacial score (nSPS) is 14.4. The van der Waals surface area contributed by atoms with Crippen LogP contribution in [0.3, 0.4) is 0 Å². The zero-order valence-electron chi connectivity index (χ0n) is 18.0. The molecule has 1 aliphatic carbocycles. The molecule has 5 rings (SSSR count). The third-order valence-electron chi connectivity index (χ3n) is 5.87. The zero-order valence-corrected chi connectivity index (χ0v) is 18.8. The van der Waals surface area contributed by atoms with Gasteiger partial charge >= 0.3 is 0 Å². The Morgan fingerprint density at radius 2 is 2.09 bits per heavy atom. The highest BCUT2D eigenvalue weighted by Crippen LogP contribution is 2.39. The summed E-state index contributed by atoms with van der Waals surface area (Å²) in [7, 11) is 0. The third-order valence-corrected chi connectivity index (χ3v) is 6.11. The lowest BCUT2D eigenvalue weighted by Gasteiger charge is -2.09. The van der Waals surface area contributed by atoms with Crippen LogP contribution in [0.2, 0.25) is 5.02 Å². The van der Waals surface area contributed by atoms with E-state index in [1.165, 1.54) is 30.8 Å². The van der Waals surface area contributed by atoms with E-state index in [-0.39, 0.29) is 5.91 Å². The zero-order chi connectivity index (χ0) is 22.8. The fourth-order valence-electron chi connectivity index (χ4n) is 3.95. The lowest BCUT2D eigenvalue weighted by molar-refractivity contribution is -0.117. The number of pyridine rings is 1. The lowest BCUT2D eigenvalue weighted by Crippen LogP contribution is -2.25. The van der Waals surface area contributed by atoms with Crippen molar-refractivity contribution < 1.29 is 4.79 Å². The van der Waals surface area contributed by atoms with Gasteiger partial charge in [0.25, 0.3) is 5.91 Å². The number of carbonyl (C=O) groups excluding carboxylic acids is 1. The average molecular weight is 458 g/mol. The maximum atomic E-state index is 12.6. The smallest absolute Gasteiger partial charge is 0.254 e. The monoisotopic (exact) mass is 457 g/mol. The van der Waals surface area contributed by atoms with Gasteiger partial charge in [0.2, 0.25) is 0 Å². The van der Waals surface area contributed by atoms with Gasteiger partial charge in [-0.3, -0.25) is 9.79 Å². The SMILES string of the molecule is N/C=C(\C=NCc1cn2cc(C3CC3)ccc2n1)C(=O)NCc1cccc2ccc(Cl)cc12. The van der Waals surface area contributed by atoms with Gasteiger partial charge in [0.1, 0.15) is 5.65 Å². The molecule has 7 heteroatoms. The van der Waals surface area contributed by atoms with Crippen LogP contribution >= 0.6 is 11.6 Å². The highest BCUT2D eigenvalue weighted by atomic mass is 35.5. The Bertz CT molecular complexity index is 1400. The highest BCUT2D eigenvalue weighted by molar-refractivity contribution is 6.31. The highest BCUT2D eigenvalue weighted by Gasteiger charge is 2.23. The molecule has 1 saturated carbocycles. The predicted octanol–water partition coefficient (Wildman–Crippen LogP) is 4.75. The summed E-state index contributed by atoms with van der Waals surface area (Å²) in [5.41, 5.74) is 10.1. The second kappa shape index (κ2) is 9.08. The molecule has 3 N–H and O–H groups in total. The lowest BCUT2D eigenvalue weighted by atomic mass is 10.0. The molecule has 1 amide bonds. The van der Waals surface area contributed by atoms with Crippen molar-refractivity contribution in [2.24, 2.45) is 10.7 Å². The summed E-state index contributed by atoms with van der Waals surface area (Å²) in [6, 6.07) is 15.9. The topological polar surface area (TPSA) is 84.8 Å². The van der Waals surface area contributed by atoms with Gasteiger partial charge in [-0.05, 0) is 58.9 Å². The molecule has 0 aliphatic heterocycles. The summed E-state index contributed by atoms with van der Waals surface area (Å²) in [5.74, 6) is 0.407. The standard InChI is InChI=1S/C26H24ClN5O/c27-22-8-6-18-2-1-3-19(24(18)10-22)13-30-26(33)21(11-28)12-29-14-23-16-32-15-20(17-4-5-17)7-9-25(32)31-23/h1-3,6-12,15-17H,4-5,13-14,28H2,(H,30,33)/b21-11+,29-12?. The number of hydrogen-bond donors (Lipinski definition) is 2. The van der Waals surface area contributed by atoms with Crippen LogP contribution in [-0.2, 0) is 17.9 Å². The summed E-state index contributed by atoms with van der Waals surface area (Å²) >= 11 is 6.15. The van der Waals surface area contributed by atoms with Gasteiger partial charge in [-0.25, -0.2) is 4.98 Å². The maximum Gasteiger partial charge on any atom is 0.254 e. The van der Waals surface area contributed by atoms with Gasteiger partial charge in [0.05, 0.1) is 17.8 Å². The second-order valence-corrected chi connectivity index (χ2v) is 8.73. The molecule has 0 radical (unpaired) electrons. The molecule has 2 aromatic heterocycles. The van der Waals surface area contributed by atoms with Gasteiger partial charge in [0, 0.05) is 36.4 Å². The molecule has 4 aromatic rings. The Morgan fingerprint density at radius 3 is 2.91 bits per heavy atom. The molecule has 2 aromatic carbocycles.